The molecule has 2 aliphatic rings. The van der Waals surface area contributed by atoms with Crippen molar-refractivity contribution >= 4 is 35.2 Å². The second kappa shape index (κ2) is 14.2. The Morgan fingerprint density at radius 1 is 0.525 bits per heavy atom. The molecule has 0 saturated carbocycles. The van der Waals surface area contributed by atoms with Gasteiger partial charge in [-0.2, -0.15) is 0 Å². The summed E-state index contributed by atoms with van der Waals surface area (Å²) < 4.78 is 45.5. The topological polar surface area (TPSA) is 43.0 Å². The minimum Gasteiger partial charge on any atom is -0.496 e. The molecule has 0 unspecified atom stereocenters. The van der Waals surface area contributed by atoms with E-state index < -0.39 is 6.97 Å². The molecule has 11 rings (SSSR count). The van der Waals surface area contributed by atoms with E-state index in [1.807, 2.05) is 129 Å². The van der Waals surface area contributed by atoms with Crippen LogP contribution in [0.5, 0.6) is 5.75 Å². The summed E-state index contributed by atoms with van der Waals surface area (Å²) in [4.78, 5) is 8.55. The molecule has 61 heavy (non-hydrogen) atoms. The van der Waals surface area contributed by atoms with E-state index in [4.69, 9.17) is 4.74 Å². The highest BCUT2D eigenvalue weighted by atomic mass is 19.2. The third-order valence-electron chi connectivity index (χ3n) is 12.2. The smallest absolute Gasteiger partial charge is 0.496 e. The third-order valence-corrected chi connectivity index (χ3v) is 12.2. The van der Waals surface area contributed by atoms with Gasteiger partial charge in [0.2, 0.25) is 0 Å². The molecule has 2 aliphatic heterocycles. The zero-order valence-electron chi connectivity index (χ0n) is 33.4. The molecule has 0 amide bonds. The Bertz CT molecular complexity index is 3250. The number of hydrogen-bond donors (Lipinski definition) is 0. The summed E-state index contributed by atoms with van der Waals surface area (Å²) in [5.41, 5.74) is 13.5. The minimum absolute atomic E-state index is 0.408. The quantitative estimate of drug-likeness (QED) is 0.151. The van der Waals surface area contributed by atoms with E-state index in [9.17, 15) is 0 Å². The van der Waals surface area contributed by atoms with E-state index in [-0.39, 0.29) is 0 Å². The first-order valence-electron chi connectivity index (χ1n) is 20.3. The number of pyridine rings is 2. The number of methoxy groups -OCH3 is 1. The zero-order chi connectivity index (χ0) is 41.2. The van der Waals surface area contributed by atoms with Gasteiger partial charge in [-0.15, -0.1) is 0 Å². The molecule has 0 radical (unpaired) electrons. The van der Waals surface area contributed by atoms with Crippen LogP contribution in [0.4, 0.5) is 8.63 Å². The van der Waals surface area contributed by atoms with Crippen molar-refractivity contribution in [1.82, 2.24) is 14.4 Å². The van der Waals surface area contributed by atoms with Crippen molar-refractivity contribution in [2.24, 2.45) is 0 Å². The Morgan fingerprint density at radius 2 is 1.08 bits per heavy atom. The van der Waals surface area contributed by atoms with E-state index in [0.29, 0.717) is 34.1 Å². The lowest BCUT2D eigenvalue weighted by molar-refractivity contribution is -0.316. The maximum Gasteiger partial charge on any atom is 0.737 e. The van der Waals surface area contributed by atoms with E-state index in [1.54, 1.807) is 19.5 Å². The molecule has 6 aromatic carbocycles. The molecular formula is C53H37BF2N4O. The number of hydrogen-bond acceptors (Lipinski definition) is 3. The number of para-hydroxylation sites is 1. The molecule has 9 aromatic rings. The highest BCUT2D eigenvalue weighted by Gasteiger charge is 2.56. The Hall–Kier alpha value is -7.71. The van der Waals surface area contributed by atoms with Gasteiger partial charge in [-0.1, -0.05) is 115 Å². The molecule has 0 spiro atoms. The van der Waals surface area contributed by atoms with Crippen molar-refractivity contribution in [2.45, 2.75) is 6.92 Å². The van der Waals surface area contributed by atoms with Gasteiger partial charge in [0.25, 0.3) is 0 Å². The van der Waals surface area contributed by atoms with Crippen LogP contribution < -0.4 is 4.74 Å². The van der Waals surface area contributed by atoms with E-state index >= 15 is 8.63 Å². The summed E-state index contributed by atoms with van der Waals surface area (Å²) in [6, 6.07) is 52.0. The van der Waals surface area contributed by atoms with Gasteiger partial charge in [0.05, 0.1) is 23.8 Å². The summed E-state index contributed by atoms with van der Waals surface area (Å²) in [7, 11) is 1.59. The van der Waals surface area contributed by atoms with Crippen LogP contribution in [0.2, 0.25) is 0 Å². The molecule has 5 heterocycles. The number of ether oxygens (including phenoxy) is 1. The average Bonchev–Trinajstić information content (AvgIpc) is 3.83. The fourth-order valence-corrected chi connectivity index (χ4v) is 9.24. The monoisotopic (exact) mass is 794 g/mol. The molecule has 8 heteroatoms. The van der Waals surface area contributed by atoms with Crippen LogP contribution in [0.1, 0.15) is 27.9 Å². The van der Waals surface area contributed by atoms with Gasteiger partial charge in [0.15, 0.2) is 11.4 Å². The Kier molecular flexibility index (Phi) is 8.49. The number of aryl methyl sites for hydroxylation is 1. The lowest BCUT2D eigenvalue weighted by atomic mass is 9.88. The van der Waals surface area contributed by atoms with Crippen LogP contribution in [0, 0.1) is 6.92 Å². The Morgan fingerprint density at radius 3 is 1.69 bits per heavy atom. The maximum atomic E-state index is 18.5. The lowest BCUT2D eigenvalue weighted by Gasteiger charge is -2.31. The summed E-state index contributed by atoms with van der Waals surface area (Å²) >= 11 is 0. The van der Waals surface area contributed by atoms with Crippen LogP contribution in [0.15, 0.2) is 183 Å². The zero-order valence-corrected chi connectivity index (χ0v) is 33.4. The lowest BCUT2D eigenvalue weighted by Crippen LogP contribution is -2.50. The second-order valence-electron chi connectivity index (χ2n) is 15.6. The first-order chi connectivity index (χ1) is 29.9. The van der Waals surface area contributed by atoms with E-state index in [1.165, 1.54) is 8.96 Å². The predicted octanol–water partition coefficient (Wildman–Crippen LogP) is 12.7. The summed E-state index contributed by atoms with van der Waals surface area (Å²) in [6.07, 6.45) is 9.17. The number of rotatable bonds is 7. The van der Waals surface area contributed by atoms with Gasteiger partial charge in [-0.25, -0.2) is 0 Å². The largest absolute Gasteiger partial charge is 0.737 e. The molecule has 0 aliphatic carbocycles. The standard InChI is InChI=1S/C53H37BF2N4O/c1-34-9-3-4-12-43(34)52-47-29-39(35-15-19-37(20-16-35)41-10-7-27-57-32-41)23-25-44(47)49-31-50-45-26-24-40(36-17-21-38(22-18-36)42-11-8-28-58-33-42)30-48(45)53(60(50)54(55,56)59(49)52)46-13-5-6-14-51(46)61-2/h3-33H,1-2H3. The van der Waals surface area contributed by atoms with Crippen molar-refractivity contribution in [3.63, 3.8) is 0 Å². The molecule has 0 saturated heterocycles. The van der Waals surface area contributed by atoms with Crippen molar-refractivity contribution in [3.8, 4) is 61.5 Å². The summed E-state index contributed by atoms with van der Waals surface area (Å²) in [6.45, 7) is -2.51. The van der Waals surface area contributed by atoms with Crippen molar-refractivity contribution < 1.29 is 17.9 Å². The van der Waals surface area contributed by atoms with Gasteiger partial charge in [-0.05, 0) is 105 Å². The van der Waals surface area contributed by atoms with E-state index in [2.05, 4.69) is 64.6 Å². The molecular weight excluding hydrogens is 757 g/mol. The Labute approximate surface area is 352 Å². The summed E-state index contributed by atoms with van der Waals surface area (Å²) in [5, 5.41) is 1.53. The molecule has 0 fully saturated rings. The number of nitrogens with zero attached hydrogens (tertiary/aromatic N) is 4. The fourth-order valence-electron chi connectivity index (χ4n) is 9.24. The van der Waals surface area contributed by atoms with Crippen LogP contribution in [-0.4, -0.2) is 38.7 Å². The summed E-state index contributed by atoms with van der Waals surface area (Å²) in [5.74, 6) is 0.518. The third kappa shape index (κ3) is 5.86. The number of fused-ring (bicyclic) bond motifs is 6. The average molecular weight is 795 g/mol. The normalized spacial score (nSPS) is 13.7. The minimum atomic E-state index is -4.50. The van der Waals surface area contributed by atoms with Gasteiger partial charge in [0.1, 0.15) is 5.75 Å². The molecule has 0 bridgehead atoms. The highest BCUT2D eigenvalue weighted by Crippen LogP contribution is 2.49. The fraction of sp³-hybridized carbons (Fsp3) is 0.0377. The van der Waals surface area contributed by atoms with Crippen molar-refractivity contribution in [3.05, 3.63) is 210 Å². The van der Waals surface area contributed by atoms with Crippen LogP contribution in [0.3, 0.4) is 0 Å². The Balaban J connectivity index is 1.13. The number of halogens is 2. The van der Waals surface area contributed by atoms with Crippen molar-refractivity contribution in [1.29, 1.82) is 0 Å². The molecule has 0 atom stereocenters. The number of benzene rings is 6. The molecule has 3 aromatic heterocycles. The SMILES string of the molecule is COc1ccccc1C1=[N+]2C(=Cc3c4ccc(-c5ccc(-c6cccnc6)cc5)cc4c(-c4ccccc4C)n3[B-]2(F)F)c2ccc(-c3ccc(-c4cccnc4)cc3)cc21. The first-order valence-corrected chi connectivity index (χ1v) is 20.3. The first kappa shape index (κ1) is 36.4. The van der Waals surface area contributed by atoms with Crippen LogP contribution in [-0.2, 0) is 0 Å². The van der Waals surface area contributed by atoms with Crippen LogP contribution in [0.25, 0.3) is 78.3 Å². The predicted molar refractivity (Wildman–Crippen MR) is 244 cm³/mol. The molecule has 0 N–H and O–H groups in total. The van der Waals surface area contributed by atoms with Gasteiger partial charge < -0.3 is 22.3 Å². The van der Waals surface area contributed by atoms with Gasteiger partial charge in [-0.3, -0.25) is 9.97 Å². The second-order valence-corrected chi connectivity index (χ2v) is 15.6. The number of aromatic nitrogens is 3. The molecule has 5 nitrogen and oxygen atoms in total. The van der Waals surface area contributed by atoms with Gasteiger partial charge >= 0.3 is 6.97 Å². The van der Waals surface area contributed by atoms with Gasteiger partial charge in [0, 0.05) is 53.0 Å². The van der Waals surface area contributed by atoms with Crippen LogP contribution >= 0.6 is 0 Å². The maximum absolute atomic E-state index is 18.5. The van der Waals surface area contributed by atoms with Crippen molar-refractivity contribution in [2.75, 3.05) is 7.11 Å². The highest BCUT2D eigenvalue weighted by molar-refractivity contribution is 6.61. The van der Waals surface area contributed by atoms with E-state index in [0.717, 1.165) is 77.5 Å². The molecule has 292 valence electrons.